The van der Waals surface area contributed by atoms with E-state index in [-0.39, 0.29) is 31.2 Å². The first-order valence-corrected chi connectivity index (χ1v) is 14.2. The lowest BCUT2D eigenvalue weighted by molar-refractivity contribution is -0.142. The number of amides is 3. The number of aliphatic hydroxyl groups excluding tert-OH is 1. The maximum absolute atomic E-state index is 13.8. The van der Waals surface area contributed by atoms with Crippen LogP contribution in [-0.2, 0) is 20.8 Å². The number of carbonyl (C=O) groups excluding carboxylic acids is 3. The number of nitrogens with zero attached hydrogens (tertiary/aromatic N) is 4. The van der Waals surface area contributed by atoms with E-state index in [4.69, 9.17) is 0 Å². The number of nitrogens with one attached hydrogen (secondary N) is 2. The lowest BCUT2D eigenvalue weighted by atomic mass is 10.1. The number of rotatable bonds is 8. The van der Waals surface area contributed by atoms with Crippen LogP contribution in [-0.4, -0.2) is 107 Å². The maximum Gasteiger partial charge on any atom is 0.249 e. The molecule has 1 aromatic heterocycles. The molecule has 3 heterocycles. The molecule has 2 fully saturated rings. The predicted octanol–water partition coefficient (Wildman–Crippen LogP) is 1.50. The molecule has 0 radical (unpaired) electrons. The molecule has 4 atom stereocenters. The minimum atomic E-state index is -1.19. The average Bonchev–Trinajstić information content (AvgIpc) is 3.41. The van der Waals surface area contributed by atoms with Crippen molar-refractivity contribution in [2.45, 2.75) is 43.5 Å². The second kappa shape index (κ2) is 12.8. The summed E-state index contributed by atoms with van der Waals surface area (Å²) in [5.74, 6) is -0.964. The summed E-state index contributed by atoms with van der Waals surface area (Å²) in [6.45, 7) is 2.36. The number of likely N-dealkylation sites (tertiary alicyclic amines) is 1. The van der Waals surface area contributed by atoms with Crippen LogP contribution < -0.4 is 10.6 Å². The Morgan fingerprint density at radius 2 is 1.76 bits per heavy atom. The SMILES string of the molecule is CN1CCN(C)C(C(=O)N2C[C@H](NC(=O)[C@H](O)CCc3ccccc3)C[C@H]2C(=O)Nc2cnc3ccccc3c2)C1. The van der Waals surface area contributed by atoms with Crippen LogP contribution in [0.5, 0.6) is 0 Å². The minimum Gasteiger partial charge on any atom is -0.383 e. The number of aromatic nitrogens is 1. The number of pyridine rings is 1. The maximum atomic E-state index is 13.8. The Labute approximate surface area is 240 Å². The van der Waals surface area contributed by atoms with Crippen LogP contribution in [0.2, 0.25) is 0 Å². The Bertz CT molecular complexity index is 1390. The van der Waals surface area contributed by atoms with Crippen LogP contribution in [0, 0.1) is 0 Å². The second-order valence-electron chi connectivity index (χ2n) is 11.2. The van der Waals surface area contributed by atoms with Crippen molar-refractivity contribution in [3.05, 3.63) is 72.4 Å². The molecule has 1 unspecified atom stereocenters. The summed E-state index contributed by atoms with van der Waals surface area (Å²) in [4.78, 5) is 50.5. The van der Waals surface area contributed by atoms with Crippen molar-refractivity contribution in [3.8, 4) is 0 Å². The van der Waals surface area contributed by atoms with Crippen molar-refractivity contribution in [1.82, 2.24) is 25.0 Å². The first-order valence-electron chi connectivity index (χ1n) is 14.2. The predicted molar refractivity (Wildman–Crippen MR) is 157 cm³/mol. The monoisotopic (exact) mass is 558 g/mol. The number of piperazine rings is 1. The summed E-state index contributed by atoms with van der Waals surface area (Å²) in [6, 6.07) is 17.5. The number of para-hydroxylation sites is 1. The largest absolute Gasteiger partial charge is 0.383 e. The zero-order chi connectivity index (χ0) is 28.9. The van der Waals surface area contributed by atoms with Crippen LogP contribution >= 0.6 is 0 Å². The molecule has 2 aliphatic rings. The highest BCUT2D eigenvalue weighted by Gasteiger charge is 2.44. The summed E-state index contributed by atoms with van der Waals surface area (Å²) in [7, 11) is 3.90. The summed E-state index contributed by atoms with van der Waals surface area (Å²) < 4.78 is 0. The number of benzene rings is 2. The molecule has 3 aromatic rings. The molecule has 2 saturated heterocycles. The standard InChI is InChI=1S/C31H38N6O4/c1-35-14-15-36(2)27(20-35)31(41)37-19-24(34-30(40)28(38)13-12-21-8-4-3-5-9-21)17-26(37)29(39)33-23-16-22-10-6-7-11-25(22)32-18-23/h3-11,16,18,24,26-28,38H,12-15,17,19-20H2,1-2H3,(H,33,39)(H,34,40)/t24-,26+,27?,28-/m1/s1. The van der Waals surface area contributed by atoms with Crippen LogP contribution in [0.15, 0.2) is 66.9 Å². The molecule has 10 heteroatoms. The van der Waals surface area contributed by atoms with Crippen molar-refractivity contribution < 1.29 is 19.5 Å². The Balaban J connectivity index is 1.29. The van der Waals surface area contributed by atoms with Gasteiger partial charge in [0.1, 0.15) is 18.2 Å². The third-order valence-electron chi connectivity index (χ3n) is 8.08. The lowest BCUT2D eigenvalue weighted by Crippen LogP contribution is -2.59. The number of hydrogen-bond donors (Lipinski definition) is 3. The Morgan fingerprint density at radius 3 is 2.56 bits per heavy atom. The summed E-state index contributed by atoms with van der Waals surface area (Å²) in [6.07, 6.45) is 1.52. The zero-order valence-corrected chi connectivity index (χ0v) is 23.6. The zero-order valence-electron chi connectivity index (χ0n) is 23.6. The second-order valence-corrected chi connectivity index (χ2v) is 11.2. The van der Waals surface area contributed by atoms with Crippen molar-refractivity contribution in [3.63, 3.8) is 0 Å². The Morgan fingerprint density at radius 1 is 1.00 bits per heavy atom. The van der Waals surface area contributed by atoms with Gasteiger partial charge >= 0.3 is 0 Å². The number of aryl methyl sites for hydroxylation is 1. The van der Waals surface area contributed by atoms with Crippen molar-refractivity contribution in [1.29, 1.82) is 0 Å². The fraction of sp³-hybridized carbons (Fsp3) is 0.419. The molecule has 0 saturated carbocycles. The molecule has 216 valence electrons. The lowest BCUT2D eigenvalue weighted by Gasteiger charge is -2.39. The number of hydrogen-bond acceptors (Lipinski definition) is 7. The average molecular weight is 559 g/mol. The van der Waals surface area contributed by atoms with Gasteiger partial charge in [-0.05, 0) is 51.1 Å². The highest BCUT2D eigenvalue weighted by atomic mass is 16.3. The molecular weight excluding hydrogens is 520 g/mol. The van der Waals surface area contributed by atoms with Gasteiger partial charge in [0, 0.05) is 37.6 Å². The summed E-state index contributed by atoms with van der Waals surface area (Å²) in [5, 5.41) is 17.3. The van der Waals surface area contributed by atoms with E-state index < -0.39 is 30.1 Å². The van der Waals surface area contributed by atoms with Crippen LogP contribution in [0.4, 0.5) is 5.69 Å². The first kappa shape index (κ1) is 28.7. The van der Waals surface area contributed by atoms with Gasteiger partial charge in [-0.25, -0.2) is 0 Å². The Hall–Kier alpha value is -3.86. The van der Waals surface area contributed by atoms with E-state index in [0.29, 0.717) is 18.7 Å². The van der Waals surface area contributed by atoms with Crippen molar-refractivity contribution >= 4 is 34.3 Å². The molecule has 10 nitrogen and oxygen atoms in total. The van der Waals surface area contributed by atoms with Gasteiger partial charge in [-0.15, -0.1) is 0 Å². The number of anilines is 1. The third-order valence-corrected chi connectivity index (χ3v) is 8.08. The number of aliphatic hydroxyl groups is 1. The van der Waals surface area contributed by atoms with Crippen LogP contribution in [0.3, 0.4) is 0 Å². The topological polar surface area (TPSA) is 118 Å². The molecular formula is C31H38N6O4. The summed E-state index contributed by atoms with van der Waals surface area (Å²) >= 11 is 0. The fourth-order valence-corrected chi connectivity index (χ4v) is 5.64. The van der Waals surface area contributed by atoms with E-state index >= 15 is 0 Å². The number of fused-ring (bicyclic) bond motifs is 1. The van der Waals surface area contributed by atoms with Gasteiger partial charge in [-0.1, -0.05) is 48.5 Å². The van der Waals surface area contributed by atoms with Gasteiger partial charge in [-0.3, -0.25) is 24.3 Å². The fourth-order valence-electron chi connectivity index (χ4n) is 5.64. The Kier molecular flexibility index (Phi) is 8.92. The molecule has 3 N–H and O–H groups in total. The molecule has 3 amide bonds. The van der Waals surface area contributed by atoms with Gasteiger partial charge < -0.3 is 25.5 Å². The molecule has 41 heavy (non-hydrogen) atoms. The highest BCUT2D eigenvalue weighted by molar-refractivity contribution is 5.99. The van der Waals surface area contributed by atoms with Crippen molar-refractivity contribution in [2.75, 3.05) is 45.6 Å². The van der Waals surface area contributed by atoms with E-state index in [1.807, 2.05) is 79.7 Å². The van der Waals surface area contributed by atoms with E-state index in [2.05, 4.69) is 20.5 Å². The van der Waals surface area contributed by atoms with E-state index in [1.54, 1.807) is 11.1 Å². The van der Waals surface area contributed by atoms with Gasteiger partial charge in [0.15, 0.2) is 0 Å². The van der Waals surface area contributed by atoms with Gasteiger partial charge in [0.2, 0.25) is 17.7 Å². The number of carbonyl (C=O) groups is 3. The quantitative estimate of drug-likeness (QED) is 0.384. The van der Waals surface area contributed by atoms with Gasteiger partial charge in [0.05, 0.1) is 17.4 Å². The molecule has 0 aliphatic carbocycles. The summed E-state index contributed by atoms with van der Waals surface area (Å²) in [5.41, 5.74) is 2.40. The van der Waals surface area contributed by atoms with E-state index in [0.717, 1.165) is 29.6 Å². The van der Waals surface area contributed by atoms with Gasteiger partial charge in [-0.2, -0.15) is 0 Å². The normalized spacial score (nSPS) is 22.4. The van der Waals surface area contributed by atoms with Crippen LogP contribution in [0.25, 0.3) is 10.9 Å². The molecule has 2 aromatic carbocycles. The van der Waals surface area contributed by atoms with E-state index in [9.17, 15) is 19.5 Å². The van der Waals surface area contributed by atoms with Gasteiger partial charge in [0.25, 0.3) is 0 Å². The van der Waals surface area contributed by atoms with Crippen LogP contribution in [0.1, 0.15) is 18.4 Å². The third kappa shape index (κ3) is 6.90. The molecule has 5 rings (SSSR count). The number of likely N-dealkylation sites (N-methyl/N-ethyl adjacent to an activating group) is 2. The molecule has 0 bridgehead atoms. The van der Waals surface area contributed by atoms with E-state index in [1.165, 1.54) is 0 Å². The first-order chi connectivity index (χ1) is 19.8. The molecule has 2 aliphatic heterocycles. The van der Waals surface area contributed by atoms with Crippen molar-refractivity contribution in [2.24, 2.45) is 0 Å². The minimum absolute atomic E-state index is 0.141. The molecule has 0 spiro atoms. The smallest absolute Gasteiger partial charge is 0.249 e. The highest BCUT2D eigenvalue weighted by Crippen LogP contribution is 2.24.